The summed E-state index contributed by atoms with van der Waals surface area (Å²) in [5, 5.41) is 7.26. The highest BCUT2D eigenvalue weighted by molar-refractivity contribution is 5.96. The van der Waals surface area contributed by atoms with Gasteiger partial charge in [-0.05, 0) is 51.2 Å². The molecule has 2 aromatic heterocycles. The molecule has 2 heterocycles. The van der Waals surface area contributed by atoms with Crippen molar-refractivity contribution in [1.82, 2.24) is 25.1 Å². The minimum Gasteiger partial charge on any atom is -0.480 e. The molecule has 2 aromatic rings. The summed E-state index contributed by atoms with van der Waals surface area (Å²) in [6, 6.07) is 1.93. The first kappa shape index (κ1) is 16.4. The minimum atomic E-state index is -0.138. The van der Waals surface area contributed by atoms with E-state index in [0.29, 0.717) is 18.0 Å². The predicted molar refractivity (Wildman–Crippen MR) is 89.3 cm³/mol. The summed E-state index contributed by atoms with van der Waals surface area (Å²) in [6.45, 7) is 5.10. The highest BCUT2D eigenvalue weighted by Crippen LogP contribution is 2.26. The molecule has 0 unspecified atom stereocenters. The third-order valence-corrected chi connectivity index (χ3v) is 4.25. The molecule has 1 amide bonds. The molecule has 7 heteroatoms. The van der Waals surface area contributed by atoms with Crippen molar-refractivity contribution in [2.24, 2.45) is 0 Å². The molecule has 0 bridgehead atoms. The first-order valence-electron chi connectivity index (χ1n) is 8.31. The van der Waals surface area contributed by atoms with Gasteiger partial charge in [-0.15, -0.1) is 0 Å². The molecule has 0 saturated carbocycles. The van der Waals surface area contributed by atoms with Crippen molar-refractivity contribution in [2.75, 3.05) is 13.7 Å². The minimum absolute atomic E-state index is 0.138. The van der Waals surface area contributed by atoms with Gasteiger partial charge in [0.05, 0.1) is 7.11 Å². The Morgan fingerprint density at radius 2 is 2.17 bits per heavy atom. The number of fused-ring (bicyclic) bond motifs is 1. The van der Waals surface area contributed by atoms with Gasteiger partial charge in [0, 0.05) is 18.8 Å². The van der Waals surface area contributed by atoms with Gasteiger partial charge in [-0.25, -0.2) is 9.97 Å². The Hall–Kier alpha value is -2.44. The molecule has 0 saturated heterocycles. The molecule has 0 aromatic carbocycles. The first-order chi connectivity index (χ1) is 11.6. The van der Waals surface area contributed by atoms with Crippen molar-refractivity contribution in [2.45, 2.75) is 46.1 Å². The van der Waals surface area contributed by atoms with E-state index < -0.39 is 0 Å². The fourth-order valence-corrected chi connectivity index (χ4v) is 3.07. The maximum absolute atomic E-state index is 12.4. The Balaban J connectivity index is 1.58. The summed E-state index contributed by atoms with van der Waals surface area (Å²) in [5.41, 5.74) is 2.74. The maximum Gasteiger partial charge on any atom is 0.256 e. The van der Waals surface area contributed by atoms with Gasteiger partial charge in [-0.1, -0.05) is 0 Å². The number of hydrogen-bond donors (Lipinski definition) is 1. The Morgan fingerprint density at radius 3 is 2.88 bits per heavy atom. The number of carbonyl (C=O) groups is 1. The number of aromatic nitrogens is 4. The molecule has 128 valence electrons. The lowest BCUT2D eigenvalue weighted by Crippen LogP contribution is -2.26. The molecule has 1 aliphatic rings. The highest BCUT2D eigenvalue weighted by Gasteiger charge is 2.20. The van der Waals surface area contributed by atoms with Crippen LogP contribution in [0.1, 0.15) is 46.1 Å². The lowest BCUT2D eigenvalue weighted by molar-refractivity contribution is 0.0948. The molecule has 0 radical (unpaired) electrons. The molecule has 1 aliphatic carbocycles. The van der Waals surface area contributed by atoms with E-state index in [2.05, 4.69) is 20.4 Å². The topological polar surface area (TPSA) is 81.9 Å². The second-order valence-corrected chi connectivity index (χ2v) is 6.04. The molecule has 7 nitrogen and oxygen atoms in total. The SMILES string of the molecule is COc1nc2c(cc1C(=O)NCCCn1nc(C)nc1C)CCC2. The third kappa shape index (κ3) is 3.39. The van der Waals surface area contributed by atoms with Crippen LogP contribution < -0.4 is 10.1 Å². The number of methoxy groups -OCH3 is 1. The van der Waals surface area contributed by atoms with Gasteiger partial charge in [-0.2, -0.15) is 5.10 Å². The van der Waals surface area contributed by atoms with Crippen LogP contribution in [0.3, 0.4) is 0 Å². The van der Waals surface area contributed by atoms with E-state index >= 15 is 0 Å². The second kappa shape index (κ2) is 6.98. The number of nitrogens with zero attached hydrogens (tertiary/aromatic N) is 4. The van der Waals surface area contributed by atoms with E-state index in [1.54, 1.807) is 7.11 Å². The van der Waals surface area contributed by atoms with Crippen molar-refractivity contribution >= 4 is 5.91 Å². The van der Waals surface area contributed by atoms with Gasteiger partial charge in [0.1, 0.15) is 17.2 Å². The van der Waals surface area contributed by atoms with E-state index in [1.807, 2.05) is 24.6 Å². The smallest absolute Gasteiger partial charge is 0.256 e. The maximum atomic E-state index is 12.4. The van der Waals surface area contributed by atoms with Gasteiger partial charge >= 0.3 is 0 Å². The van der Waals surface area contributed by atoms with Crippen molar-refractivity contribution in [3.8, 4) is 5.88 Å². The zero-order valence-corrected chi connectivity index (χ0v) is 14.4. The zero-order chi connectivity index (χ0) is 17.1. The number of amides is 1. The van der Waals surface area contributed by atoms with Crippen LogP contribution in [0.2, 0.25) is 0 Å². The summed E-state index contributed by atoms with van der Waals surface area (Å²) in [6.07, 6.45) is 3.82. The number of aryl methyl sites for hydroxylation is 5. The molecular formula is C17H23N5O2. The number of rotatable bonds is 6. The Bertz CT molecular complexity index is 754. The van der Waals surface area contributed by atoms with Gasteiger partial charge in [0.25, 0.3) is 5.91 Å². The summed E-state index contributed by atoms with van der Waals surface area (Å²) < 4.78 is 7.15. The van der Waals surface area contributed by atoms with Crippen LogP contribution in [0, 0.1) is 13.8 Å². The Labute approximate surface area is 141 Å². The van der Waals surface area contributed by atoms with Crippen LogP contribution in [-0.4, -0.2) is 39.3 Å². The summed E-state index contributed by atoms with van der Waals surface area (Å²) in [4.78, 5) is 21.2. The third-order valence-electron chi connectivity index (χ3n) is 4.25. The first-order valence-corrected chi connectivity index (χ1v) is 8.31. The number of carbonyl (C=O) groups excluding carboxylic acids is 1. The molecule has 0 aliphatic heterocycles. The van der Waals surface area contributed by atoms with Crippen molar-refractivity contribution in [1.29, 1.82) is 0 Å². The zero-order valence-electron chi connectivity index (χ0n) is 14.4. The van der Waals surface area contributed by atoms with Gasteiger partial charge in [0.2, 0.25) is 5.88 Å². The predicted octanol–water partition coefficient (Wildman–Crippen LogP) is 1.61. The van der Waals surface area contributed by atoms with Gasteiger partial charge in [-0.3, -0.25) is 9.48 Å². The Kier molecular flexibility index (Phi) is 4.78. The molecule has 1 N–H and O–H groups in total. The Morgan fingerprint density at radius 1 is 1.33 bits per heavy atom. The van der Waals surface area contributed by atoms with E-state index in [-0.39, 0.29) is 5.91 Å². The van der Waals surface area contributed by atoms with Gasteiger partial charge in [0.15, 0.2) is 0 Å². The normalized spacial score (nSPS) is 13.0. The van der Waals surface area contributed by atoms with Crippen LogP contribution in [0.15, 0.2) is 6.07 Å². The fourth-order valence-electron chi connectivity index (χ4n) is 3.07. The molecule has 24 heavy (non-hydrogen) atoms. The van der Waals surface area contributed by atoms with E-state index in [4.69, 9.17) is 4.74 Å². The van der Waals surface area contributed by atoms with E-state index in [1.165, 1.54) is 0 Å². The molecule has 0 spiro atoms. The summed E-state index contributed by atoms with van der Waals surface area (Å²) in [7, 11) is 1.55. The fraction of sp³-hybridized carbons (Fsp3) is 0.529. The van der Waals surface area contributed by atoms with Crippen molar-refractivity contribution in [3.63, 3.8) is 0 Å². The largest absolute Gasteiger partial charge is 0.480 e. The number of pyridine rings is 1. The van der Waals surface area contributed by atoms with Crippen LogP contribution in [0.4, 0.5) is 0 Å². The van der Waals surface area contributed by atoms with Crippen LogP contribution in [0.25, 0.3) is 0 Å². The lowest BCUT2D eigenvalue weighted by Gasteiger charge is -2.11. The molecule has 0 fully saturated rings. The van der Waals surface area contributed by atoms with Crippen molar-refractivity contribution < 1.29 is 9.53 Å². The number of hydrogen-bond acceptors (Lipinski definition) is 5. The van der Waals surface area contributed by atoms with E-state index in [9.17, 15) is 4.79 Å². The highest BCUT2D eigenvalue weighted by atomic mass is 16.5. The molecular weight excluding hydrogens is 306 g/mol. The van der Waals surface area contributed by atoms with E-state index in [0.717, 1.165) is 55.1 Å². The quantitative estimate of drug-likeness (QED) is 0.814. The standard InChI is InChI=1S/C17H23N5O2/c1-11-19-12(2)22(21-11)9-5-8-18-16(23)14-10-13-6-4-7-15(13)20-17(14)24-3/h10H,4-9H2,1-3H3,(H,18,23). The van der Waals surface area contributed by atoms with Crippen LogP contribution in [0.5, 0.6) is 5.88 Å². The average Bonchev–Trinajstić information content (AvgIpc) is 3.15. The number of nitrogens with one attached hydrogen (secondary N) is 1. The summed E-state index contributed by atoms with van der Waals surface area (Å²) >= 11 is 0. The summed E-state index contributed by atoms with van der Waals surface area (Å²) in [5.74, 6) is 1.94. The van der Waals surface area contributed by atoms with Crippen molar-refractivity contribution in [3.05, 3.63) is 34.5 Å². The van der Waals surface area contributed by atoms with Crippen LogP contribution in [-0.2, 0) is 19.4 Å². The average molecular weight is 329 g/mol. The van der Waals surface area contributed by atoms with Crippen LogP contribution >= 0.6 is 0 Å². The lowest BCUT2D eigenvalue weighted by atomic mass is 10.1. The monoisotopic (exact) mass is 329 g/mol. The molecule has 3 rings (SSSR count). The van der Waals surface area contributed by atoms with Gasteiger partial charge < -0.3 is 10.1 Å². The second-order valence-electron chi connectivity index (χ2n) is 6.04. The number of ether oxygens (including phenoxy) is 1. The molecule has 0 atom stereocenters.